The van der Waals surface area contributed by atoms with Crippen LogP contribution in [-0.4, -0.2) is 46.7 Å². The number of aliphatic hydroxyl groups is 3. The second kappa shape index (κ2) is 14.2. The lowest BCUT2D eigenvalue weighted by Gasteiger charge is -2.19. The van der Waals surface area contributed by atoms with Crippen molar-refractivity contribution in [1.82, 2.24) is 0 Å². The number of allylic oxidation sites excluding steroid dienone is 2. The summed E-state index contributed by atoms with van der Waals surface area (Å²) in [5.41, 5.74) is 1.32. The number of esters is 1. The summed E-state index contributed by atoms with van der Waals surface area (Å²) in [7, 11) is 1.39. The van der Waals surface area contributed by atoms with E-state index in [0.29, 0.717) is 25.7 Å². The van der Waals surface area contributed by atoms with Gasteiger partial charge >= 0.3 is 5.97 Å². The first kappa shape index (κ1) is 25.3. The summed E-state index contributed by atoms with van der Waals surface area (Å²) in [6.45, 7) is 0. The molecule has 5 heteroatoms. The normalized spacial score (nSPS) is 24.8. The van der Waals surface area contributed by atoms with E-state index in [-0.39, 0.29) is 17.8 Å². The molecule has 5 atom stereocenters. The van der Waals surface area contributed by atoms with E-state index in [1.807, 2.05) is 36.4 Å². The zero-order valence-corrected chi connectivity index (χ0v) is 18.6. The van der Waals surface area contributed by atoms with Gasteiger partial charge in [-0.3, -0.25) is 4.79 Å². The highest BCUT2D eigenvalue weighted by Crippen LogP contribution is 2.36. The lowest BCUT2D eigenvalue weighted by Crippen LogP contribution is -2.20. The molecule has 1 unspecified atom stereocenters. The average molecular weight is 431 g/mol. The van der Waals surface area contributed by atoms with E-state index in [0.717, 1.165) is 32.1 Å². The van der Waals surface area contributed by atoms with Crippen LogP contribution in [-0.2, 0) is 16.0 Å². The van der Waals surface area contributed by atoms with E-state index in [2.05, 4.69) is 16.9 Å². The van der Waals surface area contributed by atoms with Crippen LogP contribution in [0.4, 0.5) is 0 Å². The number of aryl methyl sites for hydroxylation is 1. The zero-order chi connectivity index (χ0) is 22.5. The topological polar surface area (TPSA) is 87.0 Å². The molecule has 1 aliphatic carbocycles. The van der Waals surface area contributed by atoms with E-state index >= 15 is 0 Å². The quantitative estimate of drug-likeness (QED) is 0.250. The Kier molecular flexibility index (Phi) is 11.6. The van der Waals surface area contributed by atoms with Crippen molar-refractivity contribution < 1.29 is 24.9 Å². The molecule has 172 valence electrons. The van der Waals surface area contributed by atoms with Gasteiger partial charge in [-0.05, 0) is 50.0 Å². The number of methoxy groups -OCH3 is 1. The third-order valence-electron chi connectivity index (χ3n) is 6.08. The number of hydrogen-bond acceptors (Lipinski definition) is 5. The number of hydrogen-bond donors (Lipinski definition) is 3. The van der Waals surface area contributed by atoms with E-state index < -0.39 is 18.3 Å². The molecule has 1 aromatic carbocycles. The second-order valence-corrected chi connectivity index (χ2v) is 8.47. The van der Waals surface area contributed by atoms with Gasteiger partial charge < -0.3 is 20.1 Å². The van der Waals surface area contributed by atoms with Crippen LogP contribution < -0.4 is 0 Å². The van der Waals surface area contributed by atoms with Gasteiger partial charge in [0.15, 0.2) is 0 Å². The Labute approximate surface area is 186 Å². The molecule has 0 heterocycles. The Balaban J connectivity index is 1.72. The van der Waals surface area contributed by atoms with Gasteiger partial charge in [0.25, 0.3) is 0 Å². The largest absolute Gasteiger partial charge is 0.469 e. The second-order valence-electron chi connectivity index (χ2n) is 8.47. The van der Waals surface area contributed by atoms with Crippen molar-refractivity contribution >= 4 is 5.97 Å². The molecule has 0 aromatic heterocycles. The molecule has 1 fully saturated rings. The minimum Gasteiger partial charge on any atom is -0.469 e. The number of carbonyl (C=O) groups excluding carboxylic acids is 1. The van der Waals surface area contributed by atoms with Gasteiger partial charge in [-0.2, -0.15) is 0 Å². The predicted molar refractivity (Wildman–Crippen MR) is 122 cm³/mol. The van der Waals surface area contributed by atoms with Crippen molar-refractivity contribution in [3.8, 4) is 0 Å². The van der Waals surface area contributed by atoms with E-state index in [9.17, 15) is 20.1 Å². The minimum atomic E-state index is -0.589. The van der Waals surface area contributed by atoms with Crippen molar-refractivity contribution in [2.75, 3.05) is 7.11 Å². The molecular weight excluding hydrogens is 392 g/mol. The molecule has 0 radical (unpaired) electrons. The average Bonchev–Trinajstić information content (AvgIpc) is 3.04. The Morgan fingerprint density at radius 1 is 1.13 bits per heavy atom. The monoisotopic (exact) mass is 430 g/mol. The Hall–Kier alpha value is -1.95. The molecule has 0 spiro atoms. The molecule has 1 saturated carbocycles. The summed E-state index contributed by atoms with van der Waals surface area (Å²) < 4.78 is 4.62. The molecule has 0 aliphatic heterocycles. The van der Waals surface area contributed by atoms with Crippen molar-refractivity contribution in [2.45, 2.75) is 76.1 Å². The lowest BCUT2D eigenvalue weighted by molar-refractivity contribution is -0.140. The van der Waals surface area contributed by atoms with Crippen LogP contribution in [0.5, 0.6) is 0 Å². The summed E-state index contributed by atoms with van der Waals surface area (Å²) in [6.07, 6.45) is 12.7. The van der Waals surface area contributed by atoms with Crippen molar-refractivity contribution in [2.24, 2.45) is 11.8 Å². The van der Waals surface area contributed by atoms with Crippen LogP contribution in [0.25, 0.3) is 0 Å². The summed E-state index contributed by atoms with van der Waals surface area (Å²) in [6, 6.07) is 10.3. The number of rotatable bonds is 13. The molecule has 5 nitrogen and oxygen atoms in total. The van der Waals surface area contributed by atoms with Gasteiger partial charge in [0, 0.05) is 18.8 Å². The summed E-state index contributed by atoms with van der Waals surface area (Å²) in [4.78, 5) is 11.1. The fourth-order valence-corrected chi connectivity index (χ4v) is 4.22. The third-order valence-corrected chi connectivity index (χ3v) is 6.08. The summed E-state index contributed by atoms with van der Waals surface area (Å²) in [5, 5.41) is 31.0. The van der Waals surface area contributed by atoms with Gasteiger partial charge in [0.1, 0.15) is 0 Å². The number of aliphatic hydroxyl groups excluding tert-OH is 3. The Bertz CT molecular complexity index is 684. The van der Waals surface area contributed by atoms with Crippen LogP contribution in [0.3, 0.4) is 0 Å². The summed E-state index contributed by atoms with van der Waals surface area (Å²) in [5.74, 6) is -0.423. The molecular formula is C26H38O5. The smallest absolute Gasteiger partial charge is 0.305 e. The molecule has 31 heavy (non-hydrogen) atoms. The van der Waals surface area contributed by atoms with Crippen molar-refractivity contribution in [3.63, 3.8) is 0 Å². The van der Waals surface area contributed by atoms with Crippen LogP contribution in [0.15, 0.2) is 54.6 Å². The van der Waals surface area contributed by atoms with Gasteiger partial charge in [-0.1, -0.05) is 61.1 Å². The minimum absolute atomic E-state index is 0.0617. The number of ether oxygens (including phenoxy) is 1. The molecule has 0 amide bonds. The maximum atomic E-state index is 11.1. The first-order valence-electron chi connectivity index (χ1n) is 11.5. The highest BCUT2D eigenvalue weighted by Gasteiger charge is 2.39. The zero-order valence-electron chi connectivity index (χ0n) is 18.6. The highest BCUT2D eigenvalue weighted by atomic mass is 16.5. The van der Waals surface area contributed by atoms with Crippen LogP contribution in [0.2, 0.25) is 0 Å². The maximum Gasteiger partial charge on any atom is 0.305 e. The van der Waals surface area contributed by atoms with Gasteiger partial charge in [0.05, 0.1) is 25.4 Å². The van der Waals surface area contributed by atoms with Crippen LogP contribution in [0.1, 0.15) is 56.9 Å². The molecule has 0 bridgehead atoms. The van der Waals surface area contributed by atoms with E-state index in [1.165, 1.54) is 12.7 Å². The van der Waals surface area contributed by atoms with E-state index in [1.54, 1.807) is 6.08 Å². The van der Waals surface area contributed by atoms with E-state index in [4.69, 9.17) is 0 Å². The SMILES string of the molecule is COC(=O)CCC/C=C\C[C@@H]1C(/C=C/[C@H](O)CCCCc2ccccc2)[C@H](O)C[C@@H]1O. The predicted octanol–water partition coefficient (Wildman–Crippen LogP) is 3.96. The fraction of sp³-hybridized carbons (Fsp3) is 0.577. The van der Waals surface area contributed by atoms with Gasteiger partial charge in [-0.25, -0.2) is 0 Å². The Morgan fingerprint density at radius 2 is 1.90 bits per heavy atom. The maximum absolute atomic E-state index is 11.1. The van der Waals surface area contributed by atoms with Crippen molar-refractivity contribution in [3.05, 3.63) is 60.2 Å². The molecule has 0 saturated heterocycles. The van der Waals surface area contributed by atoms with Crippen molar-refractivity contribution in [1.29, 1.82) is 0 Å². The van der Waals surface area contributed by atoms with Crippen LogP contribution in [0, 0.1) is 11.8 Å². The molecule has 3 N–H and O–H groups in total. The number of unbranched alkanes of at least 4 members (excludes halogenated alkanes) is 2. The first-order valence-corrected chi connectivity index (χ1v) is 11.5. The third kappa shape index (κ3) is 9.38. The molecule has 1 aliphatic rings. The van der Waals surface area contributed by atoms with Gasteiger partial charge in [0.2, 0.25) is 0 Å². The highest BCUT2D eigenvalue weighted by molar-refractivity contribution is 5.69. The summed E-state index contributed by atoms with van der Waals surface area (Å²) >= 11 is 0. The fourth-order valence-electron chi connectivity index (χ4n) is 4.22. The Morgan fingerprint density at radius 3 is 2.65 bits per heavy atom. The number of benzene rings is 1. The van der Waals surface area contributed by atoms with Crippen LogP contribution >= 0.6 is 0 Å². The standard InChI is InChI=1S/C26H38O5/c1-31-26(30)16-8-3-2-7-15-22-23(25(29)19-24(22)28)18-17-21(27)14-10-9-13-20-11-5-4-6-12-20/h2,4-7,11-12,17-18,21-25,27-29H,3,8-10,13-16,19H2,1H3/b7-2-,18-17+/t21-,22-,23?,24+,25-/m1/s1. The molecule has 2 rings (SSSR count). The van der Waals surface area contributed by atoms with Gasteiger partial charge in [-0.15, -0.1) is 0 Å². The number of carbonyl (C=O) groups is 1. The lowest BCUT2D eigenvalue weighted by atomic mass is 9.89. The first-order chi connectivity index (χ1) is 15.0. The molecule has 1 aromatic rings.